The summed E-state index contributed by atoms with van der Waals surface area (Å²) < 4.78 is 10.3. The first-order chi connectivity index (χ1) is 12.3. The van der Waals surface area contributed by atoms with E-state index in [1.807, 2.05) is 12.1 Å². The molecule has 0 fully saturated rings. The van der Waals surface area contributed by atoms with E-state index < -0.39 is 0 Å². The van der Waals surface area contributed by atoms with Gasteiger partial charge in [-0.25, -0.2) is 4.99 Å². The molecule has 0 bridgehead atoms. The summed E-state index contributed by atoms with van der Waals surface area (Å²) >= 11 is 1.73. The lowest BCUT2D eigenvalue weighted by molar-refractivity contribution is 0.195. The van der Waals surface area contributed by atoms with Crippen molar-refractivity contribution in [2.45, 2.75) is 19.9 Å². The summed E-state index contributed by atoms with van der Waals surface area (Å²) in [6.07, 6.45) is 0.960. The summed E-state index contributed by atoms with van der Waals surface area (Å²) in [5, 5.41) is 8.77. The number of hydrogen-bond acceptors (Lipinski definition) is 4. The first kappa shape index (κ1) is 19.3. The highest BCUT2D eigenvalue weighted by molar-refractivity contribution is 7.10. The van der Waals surface area contributed by atoms with Crippen LogP contribution in [0.2, 0.25) is 0 Å². The van der Waals surface area contributed by atoms with Crippen LogP contribution in [0.1, 0.15) is 18.2 Å². The lowest BCUT2D eigenvalue weighted by atomic mass is 10.1. The molecule has 1 heterocycles. The van der Waals surface area contributed by atoms with Gasteiger partial charge in [-0.3, -0.25) is 0 Å². The summed E-state index contributed by atoms with van der Waals surface area (Å²) in [6, 6.07) is 10.3. The quantitative estimate of drug-likeness (QED) is 0.408. The van der Waals surface area contributed by atoms with Crippen LogP contribution in [0.15, 0.2) is 40.7 Å². The van der Waals surface area contributed by atoms with Gasteiger partial charge in [-0.05, 0) is 48.1 Å². The molecule has 0 amide bonds. The standard InChI is InChI=1S/C19H27N3O2S/c1-4-20-19(21-10-5-11-23-2)22-13-18-12-16(14-25-18)15-6-8-17(24-3)9-7-15/h6-9,12,14H,4-5,10-11,13H2,1-3H3,(H2,20,21,22). The molecule has 1 aromatic carbocycles. The van der Waals surface area contributed by atoms with E-state index in [1.165, 1.54) is 16.0 Å². The minimum absolute atomic E-state index is 0.667. The number of methoxy groups -OCH3 is 2. The Bertz CT molecular complexity index is 653. The lowest BCUT2D eigenvalue weighted by Crippen LogP contribution is -2.38. The molecule has 0 aliphatic carbocycles. The Labute approximate surface area is 154 Å². The molecule has 1 aromatic heterocycles. The number of nitrogens with one attached hydrogen (secondary N) is 2. The molecule has 2 N–H and O–H groups in total. The Hall–Kier alpha value is -2.05. The molecule has 136 valence electrons. The zero-order valence-corrected chi connectivity index (χ0v) is 16.0. The van der Waals surface area contributed by atoms with Gasteiger partial charge < -0.3 is 20.1 Å². The van der Waals surface area contributed by atoms with Crippen molar-refractivity contribution >= 4 is 17.3 Å². The van der Waals surface area contributed by atoms with Crippen molar-refractivity contribution in [3.8, 4) is 16.9 Å². The number of thiophene rings is 1. The van der Waals surface area contributed by atoms with E-state index in [2.05, 4.69) is 46.1 Å². The van der Waals surface area contributed by atoms with Crippen LogP contribution in [0.4, 0.5) is 0 Å². The Morgan fingerprint density at radius 1 is 1.12 bits per heavy atom. The van der Waals surface area contributed by atoms with Crippen LogP contribution in [0.3, 0.4) is 0 Å². The van der Waals surface area contributed by atoms with Crippen molar-refractivity contribution in [2.24, 2.45) is 4.99 Å². The van der Waals surface area contributed by atoms with Gasteiger partial charge in [0.2, 0.25) is 0 Å². The molecule has 0 atom stereocenters. The summed E-state index contributed by atoms with van der Waals surface area (Å²) in [6.45, 7) is 5.18. The zero-order valence-electron chi connectivity index (χ0n) is 15.2. The summed E-state index contributed by atoms with van der Waals surface area (Å²) in [4.78, 5) is 5.90. The second-order valence-electron chi connectivity index (χ2n) is 5.50. The van der Waals surface area contributed by atoms with Crippen LogP contribution in [0, 0.1) is 0 Å². The smallest absolute Gasteiger partial charge is 0.191 e. The molecule has 6 heteroatoms. The third kappa shape index (κ3) is 6.40. The fraction of sp³-hybridized carbons (Fsp3) is 0.421. The van der Waals surface area contributed by atoms with Crippen LogP contribution in [-0.2, 0) is 11.3 Å². The first-order valence-electron chi connectivity index (χ1n) is 8.49. The molecule has 2 aromatic rings. The van der Waals surface area contributed by atoms with Gasteiger partial charge in [0.05, 0.1) is 13.7 Å². The molecule has 0 aliphatic rings. The van der Waals surface area contributed by atoms with E-state index in [-0.39, 0.29) is 0 Å². The first-order valence-corrected chi connectivity index (χ1v) is 9.37. The average molecular weight is 362 g/mol. The second kappa shape index (κ2) is 10.7. The molecule has 0 saturated carbocycles. The highest BCUT2D eigenvalue weighted by atomic mass is 32.1. The maximum Gasteiger partial charge on any atom is 0.191 e. The van der Waals surface area contributed by atoms with Gasteiger partial charge >= 0.3 is 0 Å². The number of aliphatic imine (C=N–C) groups is 1. The normalized spacial score (nSPS) is 11.4. The van der Waals surface area contributed by atoms with Crippen molar-refractivity contribution in [2.75, 3.05) is 33.9 Å². The van der Waals surface area contributed by atoms with E-state index in [4.69, 9.17) is 9.47 Å². The minimum atomic E-state index is 0.667. The number of rotatable bonds is 9. The van der Waals surface area contributed by atoms with Gasteiger partial charge in [-0.1, -0.05) is 12.1 Å². The van der Waals surface area contributed by atoms with Crippen LogP contribution >= 0.6 is 11.3 Å². The molecule has 0 unspecified atom stereocenters. The van der Waals surface area contributed by atoms with E-state index in [9.17, 15) is 0 Å². The van der Waals surface area contributed by atoms with Crippen molar-refractivity contribution in [1.29, 1.82) is 0 Å². The van der Waals surface area contributed by atoms with E-state index in [0.717, 1.165) is 37.8 Å². The van der Waals surface area contributed by atoms with Gasteiger partial charge in [0.25, 0.3) is 0 Å². The van der Waals surface area contributed by atoms with Crippen molar-refractivity contribution in [3.63, 3.8) is 0 Å². The van der Waals surface area contributed by atoms with Gasteiger partial charge in [-0.2, -0.15) is 0 Å². The molecule has 0 aliphatic heterocycles. The third-order valence-electron chi connectivity index (χ3n) is 3.63. The van der Waals surface area contributed by atoms with Crippen molar-refractivity contribution in [3.05, 3.63) is 40.6 Å². The molecule has 25 heavy (non-hydrogen) atoms. The number of ether oxygens (including phenoxy) is 2. The fourth-order valence-electron chi connectivity index (χ4n) is 2.32. The predicted octanol–water partition coefficient (Wildman–Crippen LogP) is 3.52. The van der Waals surface area contributed by atoms with E-state index >= 15 is 0 Å². The lowest BCUT2D eigenvalue weighted by Gasteiger charge is -2.10. The predicted molar refractivity (Wildman–Crippen MR) is 106 cm³/mol. The van der Waals surface area contributed by atoms with Crippen molar-refractivity contribution < 1.29 is 9.47 Å². The average Bonchev–Trinajstić information content (AvgIpc) is 3.12. The molecule has 5 nitrogen and oxygen atoms in total. The molecule has 0 saturated heterocycles. The number of nitrogens with zero attached hydrogens (tertiary/aromatic N) is 1. The zero-order chi connectivity index (χ0) is 17.9. The second-order valence-corrected chi connectivity index (χ2v) is 6.49. The maximum absolute atomic E-state index is 5.21. The Morgan fingerprint density at radius 3 is 2.60 bits per heavy atom. The molecule has 0 radical (unpaired) electrons. The molecular weight excluding hydrogens is 334 g/mol. The molecular formula is C19H27N3O2S. The third-order valence-corrected chi connectivity index (χ3v) is 4.55. The highest BCUT2D eigenvalue weighted by Crippen LogP contribution is 2.27. The van der Waals surface area contributed by atoms with Gasteiger partial charge in [0, 0.05) is 31.7 Å². The summed E-state index contributed by atoms with van der Waals surface area (Å²) in [5.41, 5.74) is 2.41. The SMILES string of the molecule is CCNC(=NCc1cc(-c2ccc(OC)cc2)cs1)NCCCOC. The Morgan fingerprint density at radius 2 is 1.92 bits per heavy atom. The minimum Gasteiger partial charge on any atom is -0.497 e. The number of benzene rings is 1. The van der Waals surface area contributed by atoms with Gasteiger partial charge in [-0.15, -0.1) is 11.3 Å². The monoisotopic (exact) mass is 361 g/mol. The highest BCUT2D eigenvalue weighted by Gasteiger charge is 2.04. The van der Waals surface area contributed by atoms with Gasteiger partial charge in [0.15, 0.2) is 5.96 Å². The van der Waals surface area contributed by atoms with Crippen LogP contribution in [0.25, 0.3) is 11.1 Å². The maximum atomic E-state index is 5.21. The van der Waals surface area contributed by atoms with Gasteiger partial charge in [0.1, 0.15) is 5.75 Å². The van der Waals surface area contributed by atoms with E-state index in [1.54, 1.807) is 25.6 Å². The topological polar surface area (TPSA) is 54.9 Å². The Kier molecular flexibility index (Phi) is 8.28. The summed E-state index contributed by atoms with van der Waals surface area (Å²) in [7, 11) is 3.40. The summed E-state index contributed by atoms with van der Waals surface area (Å²) in [5.74, 6) is 1.72. The Balaban J connectivity index is 1.95. The van der Waals surface area contributed by atoms with E-state index in [0.29, 0.717) is 6.54 Å². The largest absolute Gasteiger partial charge is 0.497 e. The number of guanidine groups is 1. The molecule has 0 spiro atoms. The van der Waals surface area contributed by atoms with Crippen molar-refractivity contribution in [1.82, 2.24) is 10.6 Å². The van der Waals surface area contributed by atoms with Crippen LogP contribution in [0.5, 0.6) is 5.75 Å². The number of hydrogen-bond donors (Lipinski definition) is 2. The molecule has 2 rings (SSSR count). The fourth-order valence-corrected chi connectivity index (χ4v) is 3.14. The van der Waals surface area contributed by atoms with Crippen LogP contribution in [-0.4, -0.2) is 39.9 Å². The van der Waals surface area contributed by atoms with Crippen LogP contribution < -0.4 is 15.4 Å².